The molecule has 1 aliphatic heterocycles. The molecule has 0 bridgehead atoms. The Kier molecular flexibility index (Phi) is 5.70. The van der Waals surface area contributed by atoms with Crippen molar-refractivity contribution in [3.05, 3.63) is 39.4 Å². The molecule has 2 rings (SSSR count). The summed E-state index contributed by atoms with van der Waals surface area (Å²) in [4.78, 5) is 10.9. The van der Waals surface area contributed by atoms with Crippen molar-refractivity contribution in [3.63, 3.8) is 0 Å². The SMILES string of the molecule is CC(C)c1ccc(CNCC2CCCOC2)cc1[N+](=O)[O-]. The Morgan fingerprint density at radius 3 is 2.90 bits per heavy atom. The Labute approximate surface area is 125 Å². The van der Waals surface area contributed by atoms with E-state index in [1.54, 1.807) is 6.07 Å². The minimum atomic E-state index is -0.284. The van der Waals surface area contributed by atoms with Gasteiger partial charge in [0.05, 0.1) is 11.5 Å². The van der Waals surface area contributed by atoms with E-state index in [4.69, 9.17) is 4.74 Å². The highest BCUT2D eigenvalue weighted by molar-refractivity contribution is 5.45. The predicted octanol–water partition coefficient (Wildman–Crippen LogP) is 3.23. The van der Waals surface area contributed by atoms with Crippen molar-refractivity contribution in [2.45, 2.75) is 39.2 Å². The van der Waals surface area contributed by atoms with Gasteiger partial charge in [0.1, 0.15) is 0 Å². The Hall–Kier alpha value is -1.46. The van der Waals surface area contributed by atoms with E-state index in [9.17, 15) is 10.1 Å². The number of ether oxygens (including phenoxy) is 1. The first-order chi connectivity index (χ1) is 10.1. The summed E-state index contributed by atoms with van der Waals surface area (Å²) in [5, 5.41) is 14.6. The average molecular weight is 292 g/mol. The second-order valence-corrected chi connectivity index (χ2v) is 6.02. The highest BCUT2D eigenvalue weighted by atomic mass is 16.6. The molecular formula is C16H24N2O3. The van der Waals surface area contributed by atoms with Crippen LogP contribution < -0.4 is 5.32 Å². The molecule has 116 valence electrons. The topological polar surface area (TPSA) is 64.4 Å². The molecule has 0 saturated carbocycles. The summed E-state index contributed by atoms with van der Waals surface area (Å²) < 4.78 is 5.45. The van der Waals surface area contributed by atoms with Gasteiger partial charge in [-0.15, -0.1) is 0 Å². The highest BCUT2D eigenvalue weighted by Gasteiger charge is 2.17. The molecule has 1 aromatic rings. The maximum atomic E-state index is 11.2. The normalized spacial score (nSPS) is 18.9. The van der Waals surface area contributed by atoms with E-state index in [-0.39, 0.29) is 16.5 Å². The van der Waals surface area contributed by atoms with Crippen LogP contribution in [0, 0.1) is 16.0 Å². The maximum absolute atomic E-state index is 11.2. The van der Waals surface area contributed by atoms with Gasteiger partial charge in [-0.05, 0) is 30.2 Å². The molecule has 1 atom stereocenters. The smallest absolute Gasteiger partial charge is 0.273 e. The van der Waals surface area contributed by atoms with Crippen molar-refractivity contribution in [1.29, 1.82) is 0 Å². The second-order valence-electron chi connectivity index (χ2n) is 6.02. The van der Waals surface area contributed by atoms with E-state index in [2.05, 4.69) is 5.32 Å². The van der Waals surface area contributed by atoms with Gasteiger partial charge in [-0.1, -0.05) is 26.0 Å². The lowest BCUT2D eigenvalue weighted by molar-refractivity contribution is -0.385. The van der Waals surface area contributed by atoms with Crippen LogP contribution in [0.15, 0.2) is 18.2 Å². The summed E-state index contributed by atoms with van der Waals surface area (Å²) in [5.74, 6) is 0.718. The van der Waals surface area contributed by atoms with E-state index in [1.807, 2.05) is 26.0 Å². The highest BCUT2D eigenvalue weighted by Crippen LogP contribution is 2.27. The summed E-state index contributed by atoms with van der Waals surface area (Å²) >= 11 is 0. The van der Waals surface area contributed by atoms with Gasteiger partial charge in [0.25, 0.3) is 5.69 Å². The van der Waals surface area contributed by atoms with Gasteiger partial charge in [0, 0.05) is 31.3 Å². The van der Waals surface area contributed by atoms with Crippen LogP contribution in [0.5, 0.6) is 0 Å². The van der Waals surface area contributed by atoms with Crippen molar-refractivity contribution in [2.24, 2.45) is 5.92 Å². The zero-order valence-electron chi connectivity index (χ0n) is 12.8. The van der Waals surface area contributed by atoms with E-state index in [0.29, 0.717) is 12.5 Å². The number of hydrogen-bond acceptors (Lipinski definition) is 4. The quantitative estimate of drug-likeness (QED) is 0.646. The molecule has 1 saturated heterocycles. The van der Waals surface area contributed by atoms with Crippen molar-refractivity contribution in [1.82, 2.24) is 5.32 Å². The monoisotopic (exact) mass is 292 g/mol. The summed E-state index contributed by atoms with van der Waals surface area (Å²) in [6, 6.07) is 5.55. The van der Waals surface area contributed by atoms with Gasteiger partial charge in [0.15, 0.2) is 0 Å². The standard InChI is InChI=1S/C16H24N2O3/c1-12(2)15-6-5-13(8-16(15)18(19)20)9-17-10-14-4-3-7-21-11-14/h5-6,8,12,14,17H,3-4,7,9-11H2,1-2H3. The van der Waals surface area contributed by atoms with Crippen LogP contribution in [-0.4, -0.2) is 24.7 Å². The molecule has 0 spiro atoms. The Balaban J connectivity index is 1.93. The first kappa shape index (κ1) is 15.9. The molecule has 1 unspecified atom stereocenters. The van der Waals surface area contributed by atoms with Crippen LogP contribution in [0.25, 0.3) is 0 Å². The number of benzene rings is 1. The molecule has 21 heavy (non-hydrogen) atoms. The molecule has 1 aliphatic rings. The van der Waals surface area contributed by atoms with Crippen molar-refractivity contribution in [2.75, 3.05) is 19.8 Å². The minimum absolute atomic E-state index is 0.159. The van der Waals surface area contributed by atoms with E-state index < -0.39 is 0 Å². The maximum Gasteiger partial charge on any atom is 0.273 e. The van der Waals surface area contributed by atoms with Crippen LogP contribution in [0.4, 0.5) is 5.69 Å². The zero-order valence-corrected chi connectivity index (χ0v) is 12.8. The molecule has 0 aliphatic carbocycles. The van der Waals surface area contributed by atoms with Gasteiger partial charge >= 0.3 is 0 Å². The number of nitrogens with zero attached hydrogens (tertiary/aromatic N) is 1. The zero-order chi connectivity index (χ0) is 15.2. The van der Waals surface area contributed by atoms with E-state index >= 15 is 0 Å². The van der Waals surface area contributed by atoms with E-state index in [0.717, 1.165) is 37.3 Å². The lowest BCUT2D eigenvalue weighted by Gasteiger charge is -2.22. The van der Waals surface area contributed by atoms with Crippen molar-refractivity contribution < 1.29 is 9.66 Å². The van der Waals surface area contributed by atoms with Crippen LogP contribution in [0.1, 0.15) is 43.7 Å². The predicted molar refractivity (Wildman–Crippen MR) is 82.4 cm³/mol. The number of rotatable bonds is 6. The Bertz CT molecular complexity index is 482. The fraction of sp³-hybridized carbons (Fsp3) is 0.625. The van der Waals surface area contributed by atoms with Crippen molar-refractivity contribution in [3.8, 4) is 0 Å². The average Bonchev–Trinajstić information content (AvgIpc) is 2.48. The minimum Gasteiger partial charge on any atom is -0.381 e. The Morgan fingerprint density at radius 1 is 1.48 bits per heavy atom. The number of nitrogens with one attached hydrogen (secondary N) is 1. The summed E-state index contributed by atoms with van der Waals surface area (Å²) in [5.41, 5.74) is 1.98. The number of nitro benzene ring substituents is 1. The van der Waals surface area contributed by atoms with Gasteiger partial charge in [-0.2, -0.15) is 0 Å². The number of nitro groups is 1. The molecule has 0 radical (unpaired) electrons. The summed E-state index contributed by atoms with van der Waals surface area (Å²) in [6.07, 6.45) is 2.32. The fourth-order valence-electron chi connectivity index (χ4n) is 2.73. The van der Waals surface area contributed by atoms with Gasteiger partial charge in [-0.3, -0.25) is 10.1 Å². The molecule has 5 heteroatoms. The molecule has 1 heterocycles. The second kappa shape index (κ2) is 7.52. The van der Waals surface area contributed by atoms with Gasteiger partial charge < -0.3 is 10.1 Å². The van der Waals surface area contributed by atoms with E-state index in [1.165, 1.54) is 6.42 Å². The third-order valence-electron chi connectivity index (χ3n) is 3.93. The lowest BCUT2D eigenvalue weighted by atomic mass is 9.99. The molecule has 1 aromatic carbocycles. The molecule has 0 amide bonds. The van der Waals surface area contributed by atoms with Crippen LogP contribution >= 0.6 is 0 Å². The molecule has 0 aromatic heterocycles. The summed E-state index contributed by atoms with van der Waals surface area (Å²) in [7, 11) is 0. The lowest BCUT2D eigenvalue weighted by Crippen LogP contribution is -2.28. The van der Waals surface area contributed by atoms with Gasteiger partial charge in [0.2, 0.25) is 0 Å². The molecular weight excluding hydrogens is 268 g/mol. The first-order valence-corrected chi connectivity index (χ1v) is 7.63. The largest absolute Gasteiger partial charge is 0.381 e. The van der Waals surface area contributed by atoms with Crippen molar-refractivity contribution >= 4 is 5.69 Å². The molecule has 5 nitrogen and oxygen atoms in total. The molecule has 1 fully saturated rings. The first-order valence-electron chi connectivity index (χ1n) is 7.63. The molecule has 1 N–H and O–H groups in total. The third-order valence-corrected chi connectivity index (χ3v) is 3.93. The van der Waals surface area contributed by atoms with Crippen LogP contribution in [-0.2, 0) is 11.3 Å². The van der Waals surface area contributed by atoms with Crippen LogP contribution in [0.3, 0.4) is 0 Å². The fourth-order valence-corrected chi connectivity index (χ4v) is 2.73. The van der Waals surface area contributed by atoms with Gasteiger partial charge in [-0.25, -0.2) is 0 Å². The van der Waals surface area contributed by atoms with Crippen LogP contribution in [0.2, 0.25) is 0 Å². The Morgan fingerprint density at radius 2 is 2.29 bits per heavy atom. The third kappa shape index (κ3) is 4.51. The number of hydrogen-bond donors (Lipinski definition) is 1. The summed E-state index contributed by atoms with van der Waals surface area (Å²) in [6.45, 7) is 7.21.